The number of benzene rings is 2. The van der Waals surface area contributed by atoms with Crippen LogP contribution in [0.1, 0.15) is 32.6 Å². The van der Waals surface area contributed by atoms with Crippen LogP contribution in [0.25, 0.3) is 6.08 Å². The minimum Gasteiger partial charge on any atom is -0.497 e. The van der Waals surface area contributed by atoms with Crippen LogP contribution < -0.4 is 14.2 Å². The number of Topliss-reactive ketones (excluding diaryl/α,β-unsaturated/α-hetero) is 1. The molecule has 3 heterocycles. The number of hydrogen-bond donors (Lipinski definition) is 0. The van der Waals surface area contributed by atoms with Gasteiger partial charge in [-0.2, -0.15) is 0 Å². The molecule has 2 aromatic carbocycles. The number of methoxy groups -OCH3 is 1. The zero-order valence-electron chi connectivity index (χ0n) is 17.4. The summed E-state index contributed by atoms with van der Waals surface area (Å²) >= 11 is 0. The largest absolute Gasteiger partial charge is 0.497 e. The molecule has 0 fully saturated rings. The van der Waals surface area contributed by atoms with E-state index in [1.807, 2.05) is 55.6 Å². The molecule has 1 aromatic heterocycles. The molecule has 156 valence electrons. The number of pyridine rings is 1. The van der Waals surface area contributed by atoms with Gasteiger partial charge < -0.3 is 14.2 Å². The number of carbonyl (C=O) groups excluding carboxylic acids is 1. The van der Waals surface area contributed by atoms with Gasteiger partial charge in [0.05, 0.1) is 12.7 Å². The van der Waals surface area contributed by atoms with Crippen LogP contribution >= 0.6 is 0 Å². The molecule has 6 nitrogen and oxygen atoms in total. The van der Waals surface area contributed by atoms with E-state index in [1.165, 1.54) is 0 Å². The van der Waals surface area contributed by atoms with Crippen LogP contribution in [0.5, 0.6) is 17.2 Å². The first-order chi connectivity index (χ1) is 15.1. The first-order valence-electron chi connectivity index (χ1n) is 10.1. The molecule has 0 aliphatic carbocycles. The van der Waals surface area contributed by atoms with Crippen molar-refractivity contribution in [3.63, 3.8) is 0 Å². The van der Waals surface area contributed by atoms with Crippen LogP contribution in [0.4, 0.5) is 0 Å². The molecule has 0 unspecified atom stereocenters. The number of aromatic nitrogens is 1. The Kier molecular flexibility index (Phi) is 4.92. The van der Waals surface area contributed by atoms with Crippen molar-refractivity contribution in [1.29, 1.82) is 0 Å². The van der Waals surface area contributed by atoms with E-state index in [1.54, 1.807) is 19.4 Å². The Labute approximate surface area is 180 Å². The maximum Gasteiger partial charge on any atom is 0.231 e. The summed E-state index contributed by atoms with van der Waals surface area (Å²) < 4.78 is 17.2. The number of ketones is 1. The maximum absolute atomic E-state index is 13.1. The van der Waals surface area contributed by atoms with Crippen molar-refractivity contribution in [2.75, 3.05) is 13.8 Å². The third kappa shape index (κ3) is 3.66. The monoisotopic (exact) mass is 414 g/mol. The van der Waals surface area contributed by atoms with Gasteiger partial charge in [0.15, 0.2) is 5.76 Å². The Hall–Kier alpha value is -3.64. The molecule has 0 amide bonds. The minimum atomic E-state index is -0.110. The molecule has 0 saturated carbocycles. The van der Waals surface area contributed by atoms with Gasteiger partial charge in [0.25, 0.3) is 0 Å². The highest BCUT2D eigenvalue weighted by molar-refractivity contribution is 6.15. The van der Waals surface area contributed by atoms with Gasteiger partial charge >= 0.3 is 0 Å². The molecular weight excluding hydrogens is 392 g/mol. The third-order valence-corrected chi connectivity index (χ3v) is 5.54. The lowest BCUT2D eigenvalue weighted by Crippen LogP contribution is -2.32. The van der Waals surface area contributed by atoms with Gasteiger partial charge in [-0.1, -0.05) is 18.2 Å². The van der Waals surface area contributed by atoms with E-state index < -0.39 is 0 Å². The minimum absolute atomic E-state index is 0.110. The van der Waals surface area contributed by atoms with Crippen molar-refractivity contribution in [1.82, 2.24) is 9.88 Å². The van der Waals surface area contributed by atoms with Crippen LogP contribution in [0, 0.1) is 6.92 Å². The van der Waals surface area contributed by atoms with Gasteiger partial charge in [0.1, 0.15) is 24.0 Å². The van der Waals surface area contributed by atoms with Gasteiger partial charge in [0.2, 0.25) is 5.78 Å². The lowest BCUT2D eigenvalue weighted by molar-refractivity contribution is 0.0876. The molecule has 0 N–H and O–H groups in total. The molecule has 5 rings (SSSR count). The van der Waals surface area contributed by atoms with Crippen LogP contribution in [-0.4, -0.2) is 29.5 Å². The fraction of sp³-hybridized carbons (Fsp3) is 0.200. The Morgan fingerprint density at radius 3 is 2.77 bits per heavy atom. The zero-order chi connectivity index (χ0) is 21.4. The summed E-state index contributed by atoms with van der Waals surface area (Å²) in [7, 11) is 1.62. The molecule has 31 heavy (non-hydrogen) atoms. The highest BCUT2D eigenvalue weighted by Gasteiger charge is 2.33. The number of ether oxygens (including phenoxy) is 3. The van der Waals surface area contributed by atoms with Gasteiger partial charge in [0, 0.05) is 36.6 Å². The average Bonchev–Trinajstić information content (AvgIpc) is 3.11. The molecule has 2 aliphatic rings. The topological polar surface area (TPSA) is 60.9 Å². The van der Waals surface area contributed by atoms with Crippen LogP contribution in [0.15, 0.2) is 60.6 Å². The lowest BCUT2D eigenvalue weighted by atomic mass is 10.00. The van der Waals surface area contributed by atoms with Gasteiger partial charge in [-0.3, -0.25) is 14.7 Å². The second-order valence-corrected chi connectivity index (χ2v) is 7.70. The summed E-state index contributed by atoms with van der Waals surface area (Å²) in [6, 6.07) is 13.4. The molecule has 0 atom stereocenters. The number of nitrogens with zero attached hydrogens (tertiary/aromatic N) is 2. The summed E-state index contributed by atoms with van der Waals surface area (Å²) in [5, 5.41) is 0. The first-order valence-corrected chi connectivity index (χ1v) is 10.1. The van der Waals surface area contributed by atoms with E-state index in [4.69, 9.17) is 14.2 Å². The standard InChI is InChI=1S/C25H22N2O4/c1-16-24-19(14-27(15-30-24)13-18-4-3-9-26-12-18)11-21-23(28)22(31-25(16)21)10-17-5-7-20(29-2)8-6-17/h3-12H,13-15H2,1-2H3. The third-order valence-electron chi connectivity index (χ3n) is 5.54. The number of rotatable bonds is 4. The number of allylic oxidation sites excluding steroid dienone is 1. The number of hydrogen-bond acceptors (Lipinski definition) is 6. The fourth-order valence-corrected chi connectivity index (χ4v) is 4.00. The summed E-state index contributed by atoms with van der Waals surface area (Å²) in [6.07, 6.45) is 5.38. The van der Waals surface area contributed by atoms with Crippen molar-refractivity contribution in [2.24, 2.45) is 0 Å². The van der Waals surface area contributed by atoms with Gasteiger partial charge in [-0.25, -0.2) is 0 Å². The van der Waals surface area contributed by atoms with Crippen LogP contribution in [-0.2, 0) is 13.1 Å². The second-order valence-electron chi connectivity index (χ2n) is 7.70. The van der Waals surface area contributed by atoms with Gasteiger partial charge in [-0.15, -0.1) is 0 Å². The number of carbonyl (C=O) groups is 1. The molecule has 6 heteroatoms. The summed E-state index contributed by atoms with van der Waals surface area (Å²) in [6.45, 7) is 3.85. The highest BCUT2D eigenvalue weighted by atomic mass is 16.5. The Balaban J connectivity index is 1.41. The predicted molar refractivity (Wildman–Crippen MR) is 116 cm³/mol. The molecule has 0 bridgehead atoms. The van der Waals surface area contributed by atoms with E-state index in [2.05, 4.69) is 9.88 Å². The smallest absolute Gasteiger partial charge is 0.231 e. The quantitative estimate of drug-likeness (QED) is 0.591. The van der Waals surface area contributed by atoms with Crippen molar-refractivity contribution in [3.05, 3.63) is 88.4 Å². The normalized spacial score (nSPS) is 16.5. The Morgan fingerprint density at radius 2 is 2.03 bits per heavy atom. The van der Waals surface area contributed by atoms with Crippen molar-refractivity contribution >= 4 is 11.9 Å². The predicted octanol–water partition coefficient (Wildman–Crippen LogP) is 4.37. The summed E-state index contributed by atoms with van der Waals surface area (Å²) in [4.78, 5) is 19.4. The number of fused-ring (bicyclic) bond motifs is 2. The Bertz CT molecular complexity index is 1170. The van der Waals surface area contributed by atoms with E-state index in [0.717, 1.165) is 40.3 Å². The fourth-order valence-electron chi connectivity index (χ4n) is 4.00. The average molecular weight is 414 g/mol. The van der Waals surface area contributed by atoms with E-state index in [0.29, 0.717) is 30.3 Å². The SMILES string of the molecule is COc1ccc(C=C2Oc3c(cc4c(c3C)OCN(Cc3cccnc3)C4)C2=O)cc1. The molecule has 3 aromatic rings. The highest BCUT2D eigenvalue weighted by Crippen LogP contribution is 2.43. The molecule has 2 aliphatic heterocycles. The molecule has 0 radical (unpaired) electrons. The van der Waals surface area contributed by atoms with Crippen LogP contribution in [0.2, 0.25) is 0 Å². The summed E-state index contributed by atoms with van der Waals surface area (Å²) in [5.41, 5.74) is 4.44. The maximum atomic E-state index is 13.1. The van der Waals surface area contributed by atoms with E-state index in [9.17, 15) is 4.79 Å². The van der Waals surface area contributed by atoms with E-state index in [-0.39, 0.29) is 5.78 Å². The van der Waals surface area contributed by atoms with Crippen molar-refractivity contribution in [3.8, 4) is 17.2 Å². The van der Waals surface area contributed by atoms with E-state index >= 15 is 0 Å². The molecule has 0 spiro atoms. The molecular formula is C25H22N2O4. The van der Waals surface area contributed by atoms with Crippen molar-refractivity contribution in [2.45, 2.75) is 20.0 Å². The first kappa shape index (κ1) is 19.3. The van der Waals surface area contributed by atoms with Crippen molar-refractivity contribution < 1.29 is 19.0 Å². The second kappa shape index (κ2) is 7.89. The summed E-state index contributed by atoms with van der Waals surface area (Å²) in [5.74, 6) is 2.36. The van der Waals surface area contributed by atoms with Gasteiger partial charge in [-0.05, 0) is 48.4 Å². The zero-order valence-corrected chi connectivity index (χ0v) is 17.4. The lowest BCUT2D eigenvalue weighted by Gasteiger charge is -2.30. The molecule has 0 saturated heterocycles. The van der Waals surface area contributed by atoms with Crippen LogP contribution in [0.3, 0.4) is 0 Å². The Morgan fingerprint density at radius 1 is 1.19 bits per heavy atom.